The molecule has 148 valence electrons. The molecule has 0 saturated heterocycles. The Bertz CT molecular complexity index is 1030. The summed E-state index contributed by atoms with van der Waals surface area (Å²) in [4.78, 5) is 13.4. The molecular weight excluding hydrogens is 389 g/mol. The van der Waals surface area contributed by atoms with E-state index >= 15 is 0 Å². The van der Waals surface area contributed by atoms with Gasteiger partial charge >= 0.3 is 6.18 Å². The predicted molar refractivity (Wildman–Crippen MR) is 100 cm³/mol. The molecular formula is C19H19F3N4OS. The van der Waals surface area contributed by atoms with E-state index < -0.39 is 22.9 Å². The van der Waals surface area contributed by atoms with Crippen molar-refractivity contribution >= 4 is 22.3 Å². The van der Waals surface area contributed by atoms with Gasteiger partial charge in [0.1, 0.15) is 11.3 Å². The zero-order valence-electron chi connectivity index (χ0n) is 15.5. The molecule has 0 amide bonds. The van der Waals surface area contributed by atoms with Crippen LogP contribution < -0.4 is 0 Å². The first-order valence-electron chi connectivity index (χ1n) is 9.08. The summed E-state index contributed by atoms with van der Waals surface area (Å²) in [5.74, 6) is 1.22. The minimum atomic E-state index is -4.49. The second-order valence-corrected chi connectivity index (χ2v) is 8.64. The molecule has 4 rings (SSSR count). The van der Waals surface area contributed by atoms with E-state index in [1.165, 1.54) is 6.42 Å². The fourth-order valence-electron chi connectivity index (χ4n) is 3.36. The van der Waals surface area contributed by atoms with Gasteiger partial charge in [-0.1, -0.05) is 6.42 Å². The fraction of sp³-hybridized carbons (Fsp3) is 0.421. The number of imidazole rings is 1. The molecule has 1 unspecified atom stereocenters. The van der Waals surface area contributed by atoms with Crippen LogP contribution in [0.25, 0.3) is 22.7 Å². The van der Waals surface area contributed by atoms with E-state index in [1.54, 1.807) is 17.8 Å². The number of nitrogens with zero attached hydrogens (tertiary/aromatic N) is 4. The first-order chi connectivity index (χ1) is 13.3. The van der Waals surface area contributed by atoms with Gasteiger partial charge in [0.2, 0.25) is 0 Å². The number of halogens is 3. The first-order valence-corrected chi connectivity index (χ1v) is 10.4. The maximum atomic E-state index is 13.0. The normalized spacial score (nSPS) is 16.4. The Kier molecular flexibility index (Phi) is 4.83. The summed E-state index contributed by atoms with van der Waals surface area (Å²) in [7, 11) is 1.67. The van der Waals surface area contributed by atoms with Gasteiger partial charge < -0.3 is 9.12 Å². The molecule has 0 spiro atoms. The topological polar surface area (TPSA) is 66.7 Å². The predicted octanol–water partition coefficient (Wildman–Crippen LogP) is 4.44. The summed E-state index contributed by atoms with van der Waals surface area (Å²) in [6.07, 6.45) is 1.44. The second kappa shape index (κ2) is 7.04. The number of hydrogen-bond donors (Lipinski definition) is 0. The molecule has 28 heavy (non-hydrogen) atoms. The zero-order valence-corrected chi connectivity index (χ0v) is 16.3. The van der Waals surface area contributed by atoms with E-state index in [-0.39, 0.29) is 5.52 Å². The SMILES string of the molecule is CC[S+]([O-])c1cc(C2CCC2)cnc1-c1nc2cc(C(F)(F)F)cnc2n1C. The standard InChI is InChI=1S/C19H19F3N4OS/c1-3-28(27)15-7-12(11-5-4-6-11)9-23-16(15)18-25-14-8-13(19(20,21)22)10-24-17(14)26(18)2/h7-11H,3-6H2,1-2H3. The molecule has 0 aromatic carbocycles. The first kappa shape index (κ1) is 19.2. The largest absolute Gasteiger partial charge is 0.611 e. The molecule has 1 aliphatic carbocycles. The Labute approximate surface area is 163 Å². The lowest BCUT2D eigenvalue weighted by Gasteiger charge is -2.26. The quantitative estimate of drug-likeness (QED) is 0.599. The van der Waals surface area contributed by atoms with Gasteiger partial charge in [-0.25, -0.2) is 15.0 Å². The van der Waals surface area contributed by atoms with Crippen LogP contribution in [-0.4, -0.2) is 29.8 Å². The van der Waals surface area contributed by atoms with Crippen LogP contribution in [0.4, 0.5) is 13.2 Å². The van der Waals surface area contributed by atoms with Crippen molar-refractivity contribution in [3.05, 3.63) is 35.7 Å². The van der Waals surface area contributed by atoms with Gasteiger partial charge in [0.15, 0.2) is 22.1 Å². The van der Waals surface area contributed by atoms with E-state index in [2.05, 4.69) is 15.0 Å². The summed E-state index contributed by atoms with van der Waals surface area (Å²) in [5.41, 5.74) is 1.09. The number of rotatable bonds is 4. The molecule has 1 saturated carbocycles. The molecule has 3 heterocycles. The summed E-state index contributed by atoms with van der Waals surface area (Å²) >= 11 is -1.27. The van der Waals surface area contributed by atoms with Crippen LogP contribution in [0, 0.1) is 0 Å². The summed E-state index contributed by atoms with van der Waals surface area (Å²) in [6, 6.07) is 2.89. The van der Waals surface area contributed by atoms with Crippen molar-refractivity contribution < 1.29 is 17.7 Å². The van der Waals surface area contributed by atoms with Crippen LogP contribution in [-0.2, 0) is 24.4 Å². The highest BCUT2D eigenvalue weighted by atomic mass is 32.2. The van der Waals surface area contributed by atoms with Crippen molar-refractivity contribution in [3.8, 4) is 11.5 Å². The Morgan fingerprint density at radius 2 is 1.96 bits per heavy atom. The van der Waals surface area contributed by atoms with E-state index in [9.17, 15) is 17.7 Å². The lowest BCUT2D eigenvalue weighted by molar-refractivity contribution is -0.137. The number of pyridine rings is 2. The van der Waals surface area contributed by atoms with Crippen LogP contribution >= 0.6 is 0 Å². The van der Waals surface area contributed by atoms with Gasteiger partial charge in [-0.05, 0) is 48.5 Å². The molecule has 1 aliphatic rings. The van der Waals surface area contributed by atoms with E-state index in [4.69, 9.17) is 0 Å². The Morgan fingerprint density at radius 3 is 2.57 bits per heavy atom. The Balaban J connectivity index is 1.85. The molecule has 3 aromatic rings. The van der Waals surface area contributed by atoms with Crippen LogP contribution in [0.15, 0.2) is 29.4 Å². The molecule has 9 heteroatoms. The summed E-state index contributed by atoms with van der Waals surface area (Å²) in [6.45, 7) is 1.82. The van der Waals surface area contributed by atoms with Crippen LogP contribution in [0.1, 0.15) is 43.2 Å². The highest BCUT2D eigenvalue weighted by molar-refractivity contribution is 7.91. The molecule has 0 radical (unpaired) electrons. The molecule has 1 fully saturated rings. The smallest absolute Gasteiger partial charge is 0.417 e. The molecule has 0 bridgehead atoms. The second-order valence-electron chi connectivity index (χ2n) is 6.94. The minimum Gasteiger partial charge on any atom is -0.611 e. The number of aryl methyl sites for hydroxylation is 1. The molecule has 0 aliphatic heterocycles. The van der Waals surface area contributed by atoms with Crippen molar-refractivity contribution in [2.24, 2.45) is 7.05 Å². The van der Waals surface area contributed by atoms with Crippen molar-refractivity contribution in [1.82, 2.24) is 19.5 Å². The van der Waals surface area contributed by atoms with Crippen LogP contribution in [0.3, 0.4) is 0 Å². The lowest BCUT2D eigenvalue weighted by atomic mass is 9.81. The number of alkyl halides is 3. The van der Waals surface area contributed by atoms with Crippen LogP contribution in [0.5, 0.6) is 0 Å². The molecule has 5 nitrogen and oxygen atoms in total. The van der Waals surface area contributed by atoms with Crippen molar-refractivity contribution in [2.75, 3.05) is 5.75 Å². The lowest BCUT2D eigenvalue weighted by Crippen LogP contribution is -2.13. The van der Waals surface area contributed by atoms with Crippen LogP contribution in [0.2, 0.25) is 0 Å². The van der Waals surface area contributed by atoms with Gasteiger partial charge in [0, 0.05) is 25.5 Å². The van der Waals surface area contributed by atoms with Gasteiger partial charge in [-0.3, -0.25) is 0 Å². The third kappa shape index (κ3) is 3.26. The van der Waals surface area contributed by atoms with Gasteiger partial charge in [0.05, 0.1) is 5.56 Å². The molecule has 3 aromatic heterocycles. The summed E-state index contributed by atoms with van der Waals surface area (Å²) in [5, 5.41) is 0. The van der Waals surface area contributed by atoms with Gasteiger partial charge in [0.25, 0.3) is 0 Å². The third-order valence-corrected chi connectivity index (χ3v) is 6.53. The van der Waals surface area contributed by atoms with Gasteiger partial charge in [-0.15, -0.1) is 0 Å². The van der Waals surface area contributed by atoms with E-state index in [0.717, 1.165) is 30.7 Å². The number of aromatic nitrogens is 4. The highest BCUT2D eigenvalue weighted by Gasteiger charge is 2.32. The van der Waals surface area contributed by atoms with Gasteiger partial charge in [-0.2, -0.15) is 13.2 Å². The maximum absolute atomic E-state index is 13.0. The monoisotopic (exact) mass is 408 g/mol. The Morgan fingerprint density at radius 1 is 1.21 bits per heavy atom. The van der Waals surface area contributed by atoms with E-state index in [1.807, 2.05) is 13.0 Å². The van der Waals surface area contributed by atoms with Crippen molar-refractivity contribution in [2.45, 2.75) is 43.2 Å². The number of fused-ring (bicyclic) bond motifs is 1. The minimum absolute atomic E-state index is 0.130. The summed E-state index contributed by atoms with van der Waals surface area (Å²) < 4.78 is 53.2. The van der Waals surface area contributed by atoms with E-state index in [0.29, 0.717) is 33.7 Å². The fourth-order valence-corrected chi connectivity index (χ4v) is 4.30. The number of hydrogen-bond acceptors (Lipinski definition) is 4. The maximum Gasteiger partial charge on any atom is 0.417 e. The molecule has 0 N–H and O–H groups in total. The zero-order chi connectivity index (χ0) is 20.1. The highest BCUT2D eigenvalue weighted by Crippen LogP contribution is 2.39. The third-order valence-electron chi connectivity index (χ3n) is 5.21. The molecule has 1 atom stereocenters. The Hall–Kier alpha value is -2.13. The average Bonchev–Trinajstić information content (AvgIpc) is 2.95. The van der Waals surface area contributed by atoms with Crippen molar-refractivity contribution in [3.63, 3.8) is 0 Å². The average molecular weight is 408 g/mol. The van der Waals surface area contributed by atoms with Crippen molar-refractivity contribution in [1.29, 1.82) is 0 Å².